The van der Waals surface area contributed by atoms with E-state index in [4.69, 9.17) is 0 Å². The summed E-state index contributed by atoms with van der Waals surface area (Å²) >= 11 is 0. The van der Waals surface area contributed by atoms with E-state index in [0.717, 1.165) is 23.1 Å². The van der Waals surface area contributed by atoms with Gasteiger partial charge in [0.1, 0.15) is 5.70 Å². The second kappa shape index (κ2) is 7.55. The van der Waals surface area contributed by atoms with Crippen LogP contribution in [0.3, 0.4) is 0 Å². The Balaban J connectivity index is 1.64. The van der Waals surface area contributed by atoms with Crippen LogP contribution in [0.5, 0.6) is 0 Å². The first-order valence-electron chi connectivity index (χ1n) is 10.6. The molecule has 154 valence electrons. The van der Waals surface area contributed by atoms with Gasteiger partial charge in [0.05, 0.1) is 11.3 Å². The van der Waals surface area contributed by atoms with Gasteiger partial charge in [-0.25, -0.2) is 4.90 Å². The van der Waals surface area contributed by atoms with Gasteiger partial charge in [-0.1, -0.05) is 60.7 Å². The number of benzene rings is 3. The Morgan fingerprint density at radius 1 is 0.742 bits per heavy atom. The molecule has 4 nitrogen and oxygen atoms in total. The van der Waals surface area contributed by atoms with Gasteiger partial charge in [0.15, 0.2) is 0 Å². The van der Waals surface area contributed by atoms with Crippen LogP contribution in [0.1, 0.15) is 27.8 Å². The van der Waals surface area contributed by atoms with Crippen molar-refractivity contribution in [3.05, 3.63) is 106 Å². The molecule has 31 heavy (non-hydrogen) atoms. The Morgan fingerprint density at radius 3 is 2.19 bits per heavy atom. The van der Waals surface area contributed by atoms with Crippen molar-refractivity contribution in [1.29, 1.82) is 0 Å². The Bertz CT molecular complexity index is 1230. The van der Waals surface area contributed by atoms with Gasteiger partial charge in [0.2, 0.25) is 0 Å². The third-order valence-electron chi connectivity index (χ3n) is 6.32. The maximum atomic E-state index is 13.7. The highest BCUT2D eigenvalue weighted by Gasteiger charge is 2.43. The van der Waals surface area contributed by atoms with Gasteiger partial charge in [0.25, 0.3) is 11.8 Å². The van der Waals surface area contributed by atoms with Gasteiger partial charge in [-0.3, -0.25) is 9.59 Å². The van der Waals surface area contributed by atoms with Crippen molar-refractivity contribution in [2.75, 3.05) is 11.4 Å². The molecule has 0 spiro atoms. The molecule has 5 rings (SSSR count). The number of imide groups is 1. The zero-order chi connectivity index (χ0) is 21.5. The number of hydrogen-bond donors (Lipinski definition) is 0. The summed E-state index contributed by atoms with van der Waals surface area (Å²) in [5.41, 5.74) is 7.19. The first-order valence-corrected chi connectivity index (χ1v) is 10.6. The summed E-state index contributed by atoms with van der Waals surface area (Å²) in [5.74, 6) is -0.503. The molecule has 2 amide bonds. The summed E-state index contributed by atoms with van der Waals surface area (Å²) < 4.78 is 0. The van der Waals surface area contributed by atoms with Crippen LogP contribution in [0, 0.1) is 13.8 Å². The fraction of sp³-hybridized carbons (Fsp3) is 0.185. The molecule has 0 atom stereocenters. The van der Waals surface area contributed by atoms with Crippen LogP contribution in [-0.4, -0.2) is 23.3 Å². The lowest BCUT2D eigenvalue weighted by Gasteiger charge is -2.31. The van der Waals surface area contributed by atoms with E-state index in [1.807, 2.05) is 68.4 Å². The molecule has 2 heterocycles. The van der Waals surface area contributed by atoms with E-state index in [2.05, 4.69) is 23.1 Å². The number of rotatable bonds is 3. The van der Waals surface area contributed by atoms with Crippen LogP contribution in [0.25, 0.3) is 5.57 Å². The average molecular weight is 409 g/mol. The number of nitrogens with zero attached hydrogens (tertiary/aromatic N) is 2. The molecule has 0 fully saturated rings. The second-order valence-corrected chi connectivity index (χ2v) is 8.24. The smallest absolute Gasteiger partial charge is 0.282 e. The second-order valence-electron chi connectivity index (χ2n) is 8.24. The minimum atomic E-state index is -0.256. The van der Waals surface area contributed by atoms with Crippen molar-refractivity contribution < 1.29 is 9.59 Å². The predicted molar refractivity (Wildman–Crippen MR) is 122 cm³/mol. The van der Waals surface area contributed by atoms with E-state index in [0.29, 0.717) is 30.0 Å². The van der Waals surface area contributed by atoms with Crippen molar-refractivity contribution in [2.45, 2.75) is 26.8 Å². The van der Waals surface area contributed by atoms with E-state index in [9.17, 15) is 9.59 Å². The minimum Gasteiger partial charge on any atom is -0.362 e. The summed E-state index contributed by atoms with van der Waals surface area (Å²) in [6.45, 7) is 5.42. The van der Waals surface area contributed by atoms with Crippen LogP contribution < -0.4 is 4.90 Å². The molecule has 0 saturated heterocycles. The molecule has 2 aliphatic rings. The molecule has 0 aromatic heterocycles. The van der Waals surface area contributed by atoms with Crippen molar-refractivity contribution >= 4 is 23.1 Å². The molecule has 0 unspecified atom stereocenters. The standard InChI is InChI=1S/C27H24N2O2/c1-18-12-13-21(16-19(18)2)24-25(28-15-14-20-8-6-7-9-22(20)17-28)27(31)29(26(24)30)23-10-4-3-5-11-23/h3-13,16H,14-15,17H2,1-2H3. The summed E-state index contributed by atoms with van der Waals surface area (Å²) in [7, 11) is 0. The molecule has 0 saturated carbocycles. The molecular weight excluding hydrogens is 384 g/mol. The highest BCUT2D eigenvalue weighted by Crippen LogP contribution is 2.37. The highest BCUT2D eigenvalue weighted by atomic mass is 16.2. The number of fused-ring (bicyclic) bond motifs is 1. The summed E-state index contributed by atoms with van der Waals surface area (Å²) in [6.07, 6.45) is 0.854. The predicted octanol–water partition coefficient (Wildman–Crippen LogP) is 4.65. The molecule has 2 aliphatic heterocycles. The van der Waals surface area contributed by atoms with Crippen molar-refractivity contribution in [3.8, 4) is 0 Å². The zero-order valence-corrected chi connectivity index (χ0v) is 17.8. The monoisotopic (exact) mass is 408 g/mol. The zero-order valence-electron chi connectivity index (χ0n) is 17.8. The fourth-order valence-corrected chi connectivity index (χ4v) is 4.47. The van der Waals surface area contributed by atoms with Gasteiger partial charge in [0, 0.05) is 13.1 Å². The maximum Gasteiger partial charge on any atom is 0.282 e. The number of anilines is 1. The molecule has 4 heteroatoms. The van der Waals surface area contributed by atoms with Gasteiger partial charge in [-0.2, -0.15) is 0 Å². The first kappa shape index (κ1) is 19.3. The lowest BCUT2D eigenvalue weighted by molar-refractivity contribution is -0.120. The molecule has 0 N–H and O–H groups in total. The van der Waals surface area contributed by atoms with Crippen LogP contribution in [0.15, 0.2) is 78.5 Å². The minimum absolute atomic E-state index is 0.246. The van der Waals surface area contributed by atoms with E-state index < -0.39 is 0 Å². The number of hydrogen-bond acceptors (Lipinski definition) is 3. The third-order valence-corrected chi connectivity index (χ3v) is 6.32. The number of carbonyl (C=O) groups is 2. The SMILES string of the molecule is Cc1ccc(C2=C(N3CCc4ccccc4C3)C(=O)N(c3ccccc3)C2=O)cc1C. The average Bonchev–Trinajstić information content (AvgIpc) is 3.06. The number of aryl methyl sites for hydroxylation is 2. The fourth-order valence-electron chi connectivity index (χ4n) is 4.47. The molecule has 0 radical (unpaired) electrons. The van der Waals surface area contributed by atoms with Crippen molar-refractivity contribution in [3.63, 3.8) is 0 Å². The third kappa shape index (κ3) is 3.25. The lowest BCUT2D eigenvalue weighted by atomic mass is 9.96. The Labute approximate surface area is 182 Å². The van der Waals surface area contributed by atoms with Crippen LogP contribution in [-0.2, 0) is 22.6 Å². The molecule has 0 bridgehead atoms. The quantitative estimate of drug-likeness (QED) is 0.593. The molecular formula is C27H24N2O2. The highest BCUT2D eigenvalue weighted by molar-refractivity contribution is 6.45. The molecule has 3 aromatic carbocycles. The van der Waals surface area contributed by atoms with E-state index in [-0.39, 0.29) is 11.8 Å². The maximum absolute atomic E-state index is 13.7. The normalized spacial score (nSPS) is 16.2. The first-order chi connectivity index (χ1) is 15.0. The Hall–Kier alpha value is -3.66. The van der Waals surface area contributed by atoms with Crippen molar-refractivity contribution in [2.24, 2.45) is 0 Å². The van der Waals surface area contributed by atoms with Gasteiger partial charge in [-0.15, -0.1) is 0 Å². The number of amides is 2. The van der Waals surface area contributed by atoms with Gasteiger partial charge < -0.3 is 4.90 Å². The Morgan fingerprint density at radius 2 is 1.45 bits per heavy atom. The van der Waals surface area contributed by atoms with E-state index in [1.54, 1.807) is 0 Å². The summed E-state index contributed by atoms with van der Waals surface area (Å²) in [4.78, 5) is 30.7. The van der Waals surface area contributed by atoms with Crippen LogP contribution in [0.4, 0.5) is 5.69 Å². The van der Waals surface area contributed by atoms with Crippen LogP contribution >= 0.6 is 0 Å². The largest absolute Gasteiger partial charge is 0.362 e. The molecule has 3 aromatic rings. The number of carbonyl (C=O) groups excluding carboxylic acids is 2. The van der Waals surface area contributed by atoms with E-state index in [1.165, 1.54) is 16.0 Å². The van der Waals surface area contributed by atoms with Gasteiger partial charge in [-0.05, 0) is 60.2 Å². The number of para-hydroxylation sites is 1. The topological polar surface area (TPSA) is 40.6 Å². The van der Waals surface area contributed by atoms with E-state index >= 15 is 0 Å². The molecule has 0 aliphatic carbocycles. The van der Waals surface area contributed by atoms with Crippen LogP contribution in [0.2, 0.25) is 0 Å². The summed E-state index contributed by atoms with van der Waals surface area (Å²) in [5, 5.41) is 0. The Kier molecular flexibility index (Phi) is 4.70. The summed E-state index contributed by atoms with van der Waals surface area (Å²) in [6, 6.07) is 23.5. The lowest BCUT2D eigenvalue weighted by Crippen LogP contribution is -2.37. The van der Waals surface area contributed by atoms with Gasteiger partial charge >= 0.3 is 0 Å². The van der Waals surface area contributed by atoms with Crippen molar-refractivity contribution in [1.82, 2.24) is 4.90 Å².